The number of nitrogens with zero attached hydrogens (tertiary/aromatic N) is 1. The lowest BCUT2D eigenvalue weighted by atomic mass is 9.96. The van der Waals surface area contributed by atoms with Gasteiger partial charge in [0.05, 0.1) is 0 Å². The van der Waals surface area contributed by atoms with Crippen LogP contribution >= 0.6 is 0 Å². The van der Waals surface area contributed by atoms with Gasteiger partial charge in [0.1, 0.15) is 0 Å². The fourth-order valence-electron chi connectivity index (χ4n) is 1.78. The quantitative estimate of drug-likeness (QED) is 0.592. The third-order valence-electron chi connectivity index (χ3n) is 2.23. The Morgan fingerprint density at radius 3 is 2.64 bits per heavy atom. The predicted octanol–water partition coefficient (Wildman–Crippen LogP) is 1.51. The number of hydrogen-bond donors (Lipinski definition) is 0. The minimum absolute atomic E-state index is 0.315. The van der Waals surface area contributed by atoms with Crippen molar-refractivity contribution in [3.05, 3.63) is 0 Å². The minimum atomic E-state index is 0.315. The summed E-state index contributed by atoms with van der Waals surface area (Å²) in [5.74, 6) is 1.66. The van der Waals surface area contributed by atoms with Crippen LogP contribution in [0, 0.1) is 11.8 Å². The maximum Gasteiger partial charge on any atom is 0.222 e. The highest BCUT2D eigenvalue weighted by Crippen LogP contribution is 2.22. The molecule has 0 aliphatic carbocycles. The van der Waals surface area contributed by atoms with E-state index in [0.29, 0.717) is 11.8 Å². The summed E-state index contributed by atoms with van der Waals surface area (Å²) in [5.41, 5.74) is 0. The van der Waals surface area contributed by atoms with Crippen molar-refractivity contribution >= 4 is 5.91 Å². The van der Waals surface area contributed by atoms with Crippen LogP contribution in [0.25, 0.3) is 0 Å². The minimum Gasteiger partial charge on any atom is -0.345 e. The van der Waals surface area contributed by atoms with Gasteiger partial charge in [-0.1, -0.05) is 13.8 Å². The number of rotatable bonds is 2. The van der Waals surface area contributed by atoms with Crippen LogP contribution in [0.4, 0.5) is 0 Å². The topological polar surface area (TPSA) is 20.3 Å². The molecule has 0 N–H and O–H groups in total. The first-order valence-corrected chi connectivity index (χ1v) is 4.33. The number of amides is 1. The van der Waals surface area contributed by atoms with Crippen molar-refractivity contribution in [2.24, 2.45) is 11.8 Å². The van der Waals surface area contributed by atoms with E-state index in [4.69, 9.17) is 0 Å². The zero-order chi connectivity index (χ0) is 8.43. The van der Waals surface area contributed by atoms with Gasteiger partial charge in [0, 0.05) is 20.0 Å². The smallest absolute Gasteiger partial charge is 0.222 e. The van der Waals surface area contributed by atoms with Gasteiger partial charge < -0.3 is 4.90 Å². The number of likely N-dealkylation sites (tertiary alicyclic amines) is 1. The molecule has 1 rings (SSSR count). The predicted molar refractivity (Wildman–Crippen MR) is 45.2 cm³/mol. The lowest BCUT2D eigenvalue weighted by Crippen LogP contribution is -2.19. The Balaban J connectivity index is 2.35. The second-order valence-electron chi connectivity index (χ2n) is 3.97. The van der Waals surface area contributed by atoms with Crippen LogP contribution in [0.2, 0.25) is 0 Å². The molecule has 1 unspecified atom stereocenters. The monoisotopic (exact) mass is 155 g/mol. The van der Waals surface area contributed by atoms with Crippen molar-refractivity contribution in [2.75, 3.05) is 13.6 Å². The number of carbonyl (C=O) groups is 1. The molecule has 0 aromatic heterocycles. The lowest BCUT2D eigenvalue weighted by molar-refractivity contribution is -0.126. The fourth-order valence-corrected chi connectivity index (χ4v) is 1.78. The fraction of sp³-hybridized carbons (Fsp3) is 0.889. The first-order valence-electron chi connectivity index (χ1n) is 4.33. The van der Waals surface area contributed by atoms with E-state index in [1.165, 1.54) is 6.42 Å². The van der Waals surface area contributed by atoms with Gasteiger partial charge in [-0.25, -0.2) is 0 Å². The molecule has 1 aliphatic heterocycles. The van der Waals surface area contributed by atoms with Crippen LogP contribution in [-0.4, -0.2) is 24.4 Å². The van der Waals surface area contributed by atoms with Crippen molar-refractivity contribution in [3.63, 3.8) is 0 Å². The molecule has 0 saturated carbocycles. The Bertz CT molecular complexity index is 154. The van der Waals surface area contributed by atoms with E-state index in [9.17, 15) is 4.79 Å². The standard InChI is InChI=1S/C9H17NO/c1-7(2)4-8-5-9(11)10(3)6-8/h7-8H,4-6H2,1-3H3. The molecule has 1 heterocycles. The molecule has 1 aliphatic rings. The highest BCUT2D eigenvalue weighted by molar-refractivity contribution is 5.78. The first-order chi connectivity index (χ1) is 5.09. The van der Waals surface area contributed by atoms with Crippen LogP contribution < -0.4 is 0 Å². The zero-order valence-electron chi connectivity index (χ0n) is 7.63. The molecular formula is C9H17NO. The van der Waals surface area contributed by atoms with Crippen molar-refractivity contribution in [3.8, 4) is 0 Å². The molecule has 2 nitrogen and oxygen atoms in total. The van der Waals surface area contributed by atoms with E-state index in [1.54, 1.807) is 0 Å². The second-order valence-corrected chi connectivity index (χ2v) is 3.97. The van der Waals surface area contributed by atoms with Crippen LogP contribution in [0.1, 0.15) is 26.7 Å². The van der Waals surface area contributed by atoms with Gasteiger partial charge in [-0.15, -0.1) is 0 Å². The highest BCUT2D eigenvalue weighted by Gasteiger charge is 2.26. The van der Waals surface area contributed by atoms with Gasteiger partial charge in [-0.05, 0) is 18.3 Å². The van der Waals surface area contributed by atoms with Crippen LogP contribution in [0.5, 0.6) is 0 Å². The Hall–Kier alpha value is -0.530. The molecule has 1 atom stereocenters. The maximum absolute atomic E-state index is 11.1. The third-order valence-corrected chi connectivity index (χ3v) is 2.23. The van der Waals surface area contributed by atoms with Crippen molar-refractivity contribution in [2.45, 2.75) is 26.7 Å². The molecule has 0 radical (unpaired) electrons. The van der Waals surface area contributed by atoms with Crippen LogP contribution in [0.3, 0.4) is 0 Å². The van der Waals surface area contributed by atoms with Gasteiger partial charge in [-0.2, -0.15) is 0 Å². The molecule has 2 heteroatoms. The Labute approximate surface area is 68.6 Å². The summed E-state index contributed by atoms with van der Waals surface area (Å²) in [7, 11) is 1.89. The zero-order valence-corrected chi connectivity index (χ0v) is 7.63. The molecule has 64 valence electrons. The van der Waals surface area contributed by atoms with Gasteiger partial charge >= 0.3 is 0 Å². The summed E-state index contributed by atoms with van der Waals surface area (Å²) in [5, 5.41) is 0. The Kier molecular flexibility index (Phi) is 2.53. The van der Waals surface area contributed by atoms with E-state index in [2.05, 4.69) is 13.8 Å². The van der Waals surface area contributed by atoms with E-state index in [-0.39, 0.29) is 0 Å². The summed E-state index contributed by atoms with van der Waals surface area (Å²) < 4.78 is 0. The molecule has 1 saturated heterocycles. The normalized spacial score (nSPS) is 25.3. The van der Waals surface area contributed by atoms with E-state index < -0.39 is 0 Å². The Morgan fingerprint density at radius 1 is 1.64 bits per heavy atom. The number of carbonyl (C=O) groups excluding carboxylic acids is 1. The van der Waals surface area contributed by atoms with Gasteiger partial charge in [0.15, 0.2) is 0 Å². The maximum atomic E-state index is 11.1. The molecule has 11 heavy (non-hydrogen) atoms. The van der Waals surface area contributed by atoms with Crippen molar-refractivity contribution in [1.29, 1.82) is 0 Å². The van der Waals surface area contributed by atoms with Gasteiger partial charge in [0.2, 0.25) is 5.91 Å². The molecular weight excluding hydrogens is 138 g/mol. The SMILES string of the molecule is CC(C)CC1CC(=O)N(C)C1. The van der Waals surface area contributed by atoms with Crippen molar-refractivity contribution < 1.29 is 4.79 Å². The molecule has 0 aromatic carbocycles. The second kappa shape index (κ2) is 3.24. The van der Waals surface area contributed by atoms with E-state index in [1.807, 2.05) is 11.9 Å². The summed E-state index contributed by atoms with van der Waals surface area (Å²) in [4.78, 5) is 12.9. The third kappa shape index (κ3) is 2.21. The van der Waals surface area contributed by atoms with E-state index >= 15 is 0 Å². The van der Waals surface area contributed by atoms with Crippen LogP contribution in [0.15, 0.2) is 0 Å². The van der Waals surface area contributed by atoms with Gasteiger partial charge in [-0.3, -0.25) is 4.79 Å². The number of hydrogen-bond acceptors (Lipinski definition) is 1. The largest absolute Gasteiger partial charge is 0.345 e. The highest BCUT2D eigenvalue weighted by atomic mass is 16.2. The van der Waals surface area contributed by atoms with E-state index in [0.717, 1.165) is 18.9 Å². The summed E-state index contributed by atoms with van der Waals surface area (Å²) >= 11 is 0. The molecule has 0 aromatic rings. The first kappa shape index (κ1) is 8.57. The molecule has 0 spiro atoms. The average Bonchev–Trinajstić information content (AvgIpc) is 2.10. The summed E-state index contributed by atoms with van der Waals surface area (Å²) in [6.45, 7) is 5.39. The molecule has 1 amide bonds. The summed E-state index contributed by atoms with van der Waals surface area (Å²) in [6, 6.07) is 0. The average molecular weight is 155 g/mol. The summed E-state index contributed by atoms with van der Waals surface area (Å²) in [6.07, 6.45) is 1.96. The Morgan fingerprint density at radius 2 is 2.27 bits per heavy atom. The molecule has 1 fully saturated rings. The van der Waals surface area contributed by atoms with Crippen LogP contribution in [-0.2, 0) is 4.79 Å². The lowest BCUT2D eigenvalue weighted by Gasteiger charge is -2.11. The molecule has 0 bridgehead atoms. The van der Waals surface area contributed by atoms with Crippen molar-refractivity contribution in [1.82, 2.24) is 4.90 Å². The van der Waals surface area contributed by atoms with Gasteiger partial charge in [0.25, 0.3) is 0 Å².